The molecule has 1 aliphatic rings. The molecule has 1 amide bonds. The van der Waals surface area contributed by atoms with E-state index in [0.717, 1.165) is 46.9 Å². The Labute approximate surface area is 177 Å². The first-order chi connectivity index (χ1) is 14.4. The van der Waals surface area contributed by atoms with Crippen LogP contribution in [0.4, 0.5) is 5.69 Å². The van der Waals surface area contributed by atoms with Crippen LogP contribution < -0.4 is 9.64 Å². The van der Waals surface area contributed by atoms with Crippen LogP contribution in [0.3, 0.4) is 0 Å². The first-order valence-corrected chi connectivity index (χ1v) is 10.4. The van der Waals surface area contributed by atoms with Gasteiger partial charge < -0.3 is 14.5 Å². The standard InChI is InChI=1S/C23H29N5O2/c1-15(2)20-14-19(21-16(3)25-26(4)22(21)24-20)23(29)28-11-9-27(10-12-28)17-7-6-8-18(13-17)30-5/h6-8,13-15H,9-12H2,1-5H3. The van der Waals surface area contributed by atoms with Crippen LogP contribution in [0.1, 0.15) is 41.5 Å². The van der Waals surface area contributed by atoms with E-state index in [2.05, 4.69) is 29.9 Å². The first-order valence-electron chi connectivity index (χ1n) is 10.4. The van der Waals surface area contributed by atoms with E-state index < -0.39 is 0 Å². The molecule has 7 nitrogen and oxygen atoms in total. The quantitative estimate of drug-likeness (QED) is 0.664. The molecule has 0 bridgehead atoms. The fourth-order valence-electron chi connectivity index (χ4n) is 4.07. The van der Waals surface area contributed by atoms with Gasteiger partial charge in [0.2, 0.25) is 0 Å². The molecule has 7 heteroatoms. The number of fused-ring (bicyclic) bond motifs is 1. The zero-order valence-corrected chi connectivity index (χ0v) is 18.3. The van der Waals surface area contributed by atoms with Crippen LogP contribution in [0.2, 0.25) is 0 Å². The Morgan fingerprint density at radius 3 is 2.53 bits per heavy atom. The van der Waals surface area contributed by atoms with Crippen LogP contribution >= 0.6 is 0 Å². The maximum Gasteiger partial charge on any atom is 0.254 e. The van der Waals surface area contributed by atoms with E-state index in [-0.39, 0.29) is 11.8 Å². The molecule has 0 aliphatic carbocycles. The highest BCUT2D eigenvalue weighted by Crippen LogP contribution is 2.27. The molecule has 1 aromatic carbocycles. The average molecular weight is 408 g/mol. The van der Waals surface area contributed by atoms with Crippen LogP contribution in [0, 0.1) is 6.92 Å². The van der Waals surface area contributed by atoms with Crippen molar-refractivity contribution in [3.8, 4) is 5.75 Å². The Kier molecular flexibility index (Phi) is 5.37. The largest absolute Gasteiger partial charge is 0.497 e. The highest BCUT2D eigenvalue weighted by molar-refractivity contribution is 6.06. The molecule has 1 aliphatic heterocycles. The summed E-state index contributed by atoms with van der Waals surface area (Å²) in [6, 6.07) is 10.0. The van der Waals surface area contributed by atoms with E-state index in [1.165, 1.54) is 0 Å². The molecule has 1 fully saturated rings. The van der Waals surface area contributed by atoms with Crippen LogP contribution in [-0.2, 0) is 7.05 Å². The number of nitrogens with zero attached hydrogens (tertiary/aromatic N) is 5. The number of anilines is 1. The molecule has 0 N–H and O–H groups in total. The molecule has 30 heavy (non-hydrogen) atoms. The topological polar surface area (TPSA) is 63.5 Å². The van der Waals surface area contributed by atoms with Crippen LogP contribution in [0.25, 0.3) is 11.0 Å². The van der Waals surface area contributed by atoms with Gasteiger partial charge in [0.1, 0.15) is 5.75 Å². The number of pyridine rings is 1. The van der Waals surface area contributed by atoms with Gasteiger partial charge in [-0.1, -0.05) is 19.9 Å². The van der Waals surface area contributed by atoms with Gasteiger partial charge >= 0.3 is 0 Å². The van der Waals surface area contributed by atoms with Crippen molar-refractivity contribution in [1.82, 2.24) is 19.7 Å². The molecular weight excluding hydrogens is 378 g/mol. The van der Waals surface area contributed by atoms with Crippen molar-refractivity contribution in [2.45, 2.75) is 26.7 Å². The Hall–Kier alpha value is -3.09. The third-order valence-corrected chi connectivity index (χ3v) is 5.80. The number of rotatable bonds is 4. The zero-order chi connectivity index (χ0) is 21.4. The van der Waals surface area contributed by atoms with E-state index in [0.29, 0.717) is 18.7 Å². The summed E-state index contributed by atoms with van der Waals surface area (Å²) in [6.45, 7) is 9.06. The lowest BCUT2D eigenvalue weighted by atomic mass is 10.0. The minimum atomic E-state index is 0.0608. The second-order valence-corrected chi connectivity index (χ2v) is 8.14. The van der Waals surface area contributed by atoms with Crippen molar-refractivity contribution >= 4 is 22.6 Å². The highest BCUT2D eigenvalue weighted by Gasteiger charge is 2.26. The number of benzene rings is 1. The number of ether oxygens (including phenoxy) is 1. The van der Waals surface area contributed by atoms with Crippen molar-refractivity contribution in [2.75, 3.05) is 38.2 Å². The molecule has 1 saturated heterocycles. The van der Waals surface area contributed by atoms with Gasteiger partial charge in [-0.3, -0.25) is 9.48 Å². The number of carbonyl (C=O) groups is 1. The minimum Gasteiger partial charge on any atom is -0.497 e. The van der Waals surface area contributed by atoms with Crippen molar-refractivity contribution < 1.29 is 9.53 Å². The predicted molar refractivity (Wildman–Crippen MR) is 118 cm³/mol. The van der Waals surface area contributed by atoms with Gasteiger partial charge in [0, 0.05) is 50.7 Å². The maximum absolute atomic E-state index is 13.5. The van der Waals surface area contributed by atoms with Gasteiger partial charge in [-0.2, -0.15) is 5.10 Å². The summed E-state index contributed by atoms with van der Waals surface area (Å²) in [5.74, 6) is 1.14. The Bertz CT molecular complexity index is 1080. The molecule has 4 rings (SSSR count). The van der Waals surface area contributed by atoms with Crippen molar-refractivity contribution in [1.29, 1.82) is 0 Å². The lowest BCUT2D eigenvalue weighted by Crippen LogP contribution is -2.48. The number of amides is 1. The molecule has 0 unspecified atom stereocenters. The van der Waals surface area contributed by atoms with Crippen LogP contribution in [0.15, 0.2) is 30.3 Å². The molecule has 3 heterocycles. The SMILES string of the molecule is COc1cccc(N2CCN(C(=O)c3cc(C(C)C)nc4c3c(C)nn4C)CC2)c1. The zero-order valence-electron chi connectivity index (χ0n) is 18.3. The average Bonchev–Trinajstić information content (AvgIpc) is 3.06. The number of methoxy groups -OCH3 is 1. The van der Waals surface area contributed by atoms with Crippen LogP contribution in [-0.4, -0.2) is 58.9 Å². The van der Waals surface area contributed by atoms with Gasteiger partial charge in [0.05, 0.1) is 23.8 Å². The summed E-state index contributed by atoms with van der Waals surface area (Å²) in [5.41, 5.74) is 4.37. The van der Waals surface area contributed by atoms with Crippen molar-refractivity contribution in [3.05, 3.63) is 47.3 Å². The van der Waals surface area contributed by atoms with E-state index in [1.54, 1.807) is 11.8 Å². The second-order valence-electron chi connectivity index (χ2n) is 8.14. The lowest BCUT2D eigenvalue weighted by molar-refractivity contribution is 0.0748. The summed E-state index contributed by atoms with van der Waals surface area (Å²) >= 11 is 0. The third-order valence-electron chi connectivity index (χ3n) is 5.80. The highest BCUT2D eigenvalue weighted by atomic mass is 16.5. The normalized spacial score (nSPS) is 14.6. The van der Waals surface area contributed by atoms with Gasteiger partial charge in [0.15, 0.2) is 5.65 Å². The van der Waals surface area contributed by atoms with Gasteiger partial charge in [0.25, 0.3) is 5.91 Å². The number of aromatic nitrogens is 3. The Morgan fingerprint density at radius 2 is 1.87 bits per heavy atom. The Morgan fingerprint density at radius 1 is 1.13 bits per heavy atom. The fraction of sp³-hybridized carbons (Fsp3) is 0.435. The maximum atomic E-state index is 13.5. The lowest BCUT2D eigenvalue weighted by Gasteiger charge is -2.36. The predicted octanol–water partition coefficient (Wildman–Crippen LogP) is 3.37. The summed E-state index contributed by atoms with van der Waals surface area (Å²) in [4.78, 5) is 22.5. The smallest absolute Gasteiger partial charge is 0.254 e. The summed E-state index contributed by atoms with van der Waals surface area (Å²) < 4.78 is 7.11. The van der Waals surface area contributed by atoms with Gasteiger partial charge in [-0.05, 0) is 31.0 Å². The summed E-state index contributed by atoms with van der Waals surface area (Å²) in [5, 5.41) is 5.37. The molecule has 2 aromatic heterocycles. The van der Waals surface area contributed by atoms with Gasteiger partial charge in [-0.15, -0.1) is 0 Å². The van der Waals surface area contributed by atoms with E-state index in [1.807, 2.05) is 43.1 Å². The van der Waals surface area contributed by atoms with E-state index in [9.17, 15) is 4.79 Å². The Balaban J connectivity index is 1.59. The monoisotopic (exact) mass is 407 g/mol. The molecule has 0 atom stereocenters. The molecule has 158 valence electrons. The number of aryl methyl sites for hydroxylation is 2. The summed E-state index contributed by atoms with van der Waals surface area (Å²) in [6.07, 6.45) is 0. The molecule has 0 spiro atoms. The molecule has 0 saturated carbocycles. The molecule has 0 radical (unpaired) electrons. The third kappa shape index (κ3) is 3.60. The minimum absolute atomic E-state index is 0.0608. The molecular formula is C23H29N5O2. The van der Waals surface area contributed by atoms with E-state index >= 15 is 0 Å². The van der Waals surface area contributed by atoms with E-state index in [4.69, 9.17) is 9.72 Å². The number of hydrogen-bond acceptors (Lipinski definition) is 5. The first kappa shape index (κ1) is 20.2. The molecule has 3 aromatic rings. The van der Waals surface area contributed by atoms with Crippen molar-refractivity contribution in [3.63, 3.8) is 0 Å². The summed E-state index contributed by atoms with van der Waals surface area (Å²) in [7, 11) is 3.56. The van der Waals surface area contributed by atoms with Crippen molar-refractivity contribution in [2.24, 2.45) is 7.05 Å². The number of carbonyl (C=O) groups excluding carboxylic acids is 1. The fourth-order valence-corrected chi connectivity index (χ4v) is 4.07. The number of piperazine rings is 1. The second kappa shape index (κ2) is 7.97. The van der Waals surface area contributed by atoms with Gasteiger partial charge in [-0.25, -0.2) is 4.98 Å². The number of hydrogen-bond donors (Lipinski definition) is 0. The van der Waals surface area contributed by atoms with Crippen LogP contribution in [0.5, 0.6) is 5.75 Å².